The van der Waals surface area contributed by atoms with Crippen LogP contribution >= 0.6 is 12.2 Å². The number of nitrogens with one attached hydrogen (secondary N) is 3. The first-order chi connectivity index (χ1) is 13.5. The lowest BCUT2D eigenvalue weighted by molar-refractivity contribution is -0.123. The van der Waals surface area contributed by atoms with Crippen molar-refractivity contribution in [3.63, 3.8) is 0 Å². The second kappa shape index (κ2) is 11.7. The van der Waals surface area contributed by atoms with Crippen LogP contribution in [0.5, 0.6) is 0 Å². The van der Waals surface area contributed by atoms with Gasteiger partial charge in [-0.15, -0.1) is 0 Å². The molecule has 2 amide bonds. The summed E-state index contributed by atoms with van der Waals surface area (Å²) in [5.74, 6) is -0.131. The number of thiocarbonyl (C=S) groups is 1. The molecular formula is C21H33N3O4S. The Morgan fingerprint density at radius 3 is 2.24 bits per heavy atom. The Kier molecular flexibility index (Phi) is 10.0. The molecule has 1 aromatic carbocycles. The summed E-state index contributed by atoms with van der Waals surface area (Å²) >= 11 is 5.42. The molecule has 0 bridgehead atoms. The number of aliphatic hydroxyl groups is 1. The Morgan fingerprint density at radius 1 is 1.10 bits per heavy atom. The lowest BCUT2D eigenvalue weighted by Gasteiger charge is -2.27. The van der Waals surface area contributed by atoms with E-state index in [9.17, 15) is 14.7 Å². The van der Waals surface area contributed by atoms with Gasteiger partial charge in [0.15, 0.2) is 0 Å². The molecule has 0 radical (unpaired) electrons. The summed E-state index contributed by atoms with van der Waals surface area (Å²) in [6.45, 7) is 9.25. The van der Waals surface area contributed by atoms with Gasteiger partial charge in [0.25, 0.3) is 0 Å². The van der Waals surface area contributed by atoms with Crippen LogP contribution in [0.4, 0.5) is 4.79 Å². The van der Waals surface area contributed by atoms with Crippen LogP contribution in [0.15, 0.2) is 30.3 Å². The quantitative estimate of drug-likeness (QED) is 0.456. The molecule has 0 aromatic heterocycles. The number of carbonyl (C=O) groups excluding carboxylic acids is 2. The first-order valence-electron chi connectivity index (χ1n) is 9.74. The number of amides is 2. The van der Waals surface area contributed by atoms with E-state index in [4.69, 9.17) is 17.0 Å². The van der Waals surface area contributed by atoms with Crippen molar-refractivity contribution >= 4 is 29.2 Å². The van der Waals surface area contributed by atoms with E-state index in [2.05, 4.69) is 16.0 Å². The van der Waals surface area contributed by atoms with Crippen LogP contribution in [0.3, 0.4) is 0 Å². The first-order valence-corrected chi connectivity index (χ1v) is 10.1. The highest BCUT2D eigenvalue weighted by Gasteiger charge is 2.26. The van der Waals surface area contributed by atoms with Crippen LogP contribution in [0.25, 0.3) is 0 Å². The monoisotopic (exact) mass is 423 g/mol. The number of carbonyl (C=O) groups is 2. The molecule has 1 rings (SSSR count). The second-order valence-corrected chi connectivity index (χ2v) is 8.72. The average molecular weight is 424 g/mol. The first kappa shape index (κ1) is 24.8. The highest BCUT2D eigenvalue weighted by Crippen LogP contribution is 2.10. The van der Waals surface area contributed by atoms with Crippen molar-refractivity contribution in [2.24, 2.45) is 5.92 Å². The smallest absolute Gasteiger partial charge is 0.408 e. The highest BCUT2D eigenvalue weighted by atomic mass is 32.1. The maximum Gasteiger partial charge on any atom is 0.408 e. The number of alkyl carbamates (subject to hydrolysis) is 1. The van der Waals surface area contributed by atoms with Gasteiger partial charge in [0, 0.05) is 6.54 Å². The molecule has 29 heavy (non-hydrogen) atoms. The summed E-state index contributed by atoms with van der Waals surface area (Å²) in [7, 11) is 0. The third-order valence-electron chi connectivity index (χ3n) is 3.84. The predicted molar refractivity (Wildman–Crippen MR) is 118 cm³/mol. The maximum absolute atomic E-state index is 12.4. The van der Waals surface area contributed by atoms with Gasteiger partial charge in [0.05, 0.1) is 17.6 Å². The molecule has 162 valence electrons. The minimum atomic E-state index is -0.915. The number of benzene rings is 1. The molecule has 1 aromatic rings. The zero-order valence-corrected chi connectivity index (χ0v) is 18.6. The SMILES string of the molecule is CC(C)C[C@H](NC(=O)OC(C)(C)C)C(=S)N[C@@H](CO)C(=O)NCc1ccccc1. The van der Waals surface area contributed by atoms with Crippen molar-refractivity contribution in [2.45, 2.75) is 65.3 Å². The zero-order chi connectivity index (χ0) is 22.0. The predicted octanol–water partition coefficient (Wildman–Crippen LogP) is 2.52. The third kappa shape index (κ3) is 10.2. The van der Waals surface area contributed by atoms with Crippen molar-refractivity contribution in [2.75, 3.05) is 6.61 Å². The Bertz CT molecular complexity index is 674. The van der Waals surface area contributed by atoms with Crippen molar-refractivity contribution in [1.29, 1.82) is 0 Å². The van der Waals surface area contributed by atoms with Crippen LogP contribution in [0.2, 0.25) is 0 Å². The number of aliphatic hydroxyl groups excluding tert-OH is 1. The Morgan fingerprint density at radius 2 is 1.72 bits per heavy atom. The third-order valence-corrected chi connectivity index (χ3v) is 4.24. The summed E-state index contributed by atoms with van der Waals surface area (Å²) in [4.78, 5) is 24.9. The largest absolute Gasteiger partial charge is 0.444 e. The fourth-order valence-corrected chi connectivity index (χ4v) is 2.82. The van der Waals surface area contributed by atoms with E-state index in [0.717, 1.165) is 5.56 Å². The van der Waals surface area contributed by atoms with Crippen molar-refractivity contribution in [3.8, 4) is 0 Å². The average Bonchev–Trinajstić information content (AvgIpc) is 2.62. The molecule has 0 fully saturated rings. The molecule has 0 saturated heterocycles. The summed E-state index contributed by atoms with van der Waals surface area (Å²) in [5.41, 5.74) is 0.316. The van der Waals surface area contributed by atoms with Crippen molar-refractivity contribution in [3.05, 3.63) is 35.9 Å². The van der Waals surface area contributed by atoms with Crippen molar-refractivity contribution in [1.82, 2.24) is 16.0 Å². The van der Waals surface area contributed by atoms with E-state index in [-0.39, 0.29) is 16.8 Å². The molecule has 0 unspecified atom stereocenters. The highest BCUT2D eigenvalue weighted by molar-refractivity contribution is 7.80. The van der Waals surface area contributed by atoms with Gasteiger partial charge in [-0.1, -0.05) is 56.4 Å². The molecule has 0 saturated carbocycles. The van der Waals surface area contributed by atoms with Crippen LogP contribution in [0, 0.1) is 5.92 Å². The molecule has 2 atom stereocenters. The van der Waals surface area contributed by atoms with Gasteiger partial charge in [0.2, 0.25) is 5.91 Å². The molecule has 4 N–H and O–H groups in total. The van der Waals surface area contributed by atoms with E-state index in [1.807, 2.05) is 44.2 Å². The molecule has 0 aliphatic heterocycles. The van der Waals surface area contributed by atoms with Gasteiger partial charge in [-0.2, -0.15) is 0 Å². The fourth-order valence-electron chi connectivity index (χ4n) is 2.53. The lowest BCUT2D eigenvalue weighted by atomic mass is 10.0. The fraction of sp³-hybridized carbons (Fsp3) is 0.571. The summed E-state index contributed by atoms with van der Waals surface area (Å²) in [5, 5.41) is 18.0. The summed E-state index contributed by atoms with van der Waals surface area (Å²) in [6.07, 6.45) is -0.0177. The summed E-state index contributed by atoms with van der Waals surface area (Å²) in [6, 6.07) is 8.03. The zero-order valence-electron chi connectivity index (χ0n) is 17.8. The molecular weight excluding hydrogens is 390 g/mol. The molecule has 8 heteroatoms. The van der Waals surface area contributed by atoms with Crippen LogP contribution < -0.4 is 16.0 Å². The maximum atomic E-state index is 12.4. The minimum Gasteiger partial charge on any atom is -0.444 e. The minimum absolute atomic E-state index is 0.245. The van der Waals surface area contributed by atoms with E-state index in [0.29, 0.717) is 13.0 Å². The Balaban J connectivity index is 2.70. The topological polar surface area (TPSA) is 99.7 Å². The van der Waals surface area contributed by atoms with E-state index >= 15 is 0 Å². The standard InChI is InChI=1S/C21H33N3O4S/c1-14(2)11-16(24-20(27)28-21(3,4)5)19(29)23-17(13-25)18(26)22-12-15-9-7-6-8-10-15/h6-10,14,16-17,25H,11-13H2,1-5H3,(H,22,26)(H,23,29)(H,24,27)/t16-,17-/m0/s1. The molecule has 7 nitrogen and oxygen atoms in total. The van der Waals surface area contributed by atoms with E-state index in [1.54, 1.807) is 20.8 Å². The number of hydrogen-bond acceptors (Lipinski definition) is 5. The number of hydrogen-bond donors (Lipinski definition) is 4. The molecule has 0 heterocycles. The van der Waals surface area contributed by atoms with Crippen LogP contribution in [-0.4, -0.2) is 46.4 Å². The Hall–Kier alpha value is -2.19. The lowest BCUT2D eigenvalue weighted by Crippen LogP contribution is -2.54. The van der Waals surface area contributed by atoms with Gasteiger partial charge in [-0.25, -0.2) is 4.79 Å². The van der Waals surface area contributed by atoms with Crippen LogP contribution in [-0.2, 0) is 16.1 Å². The summed E-state index contributed by atoms with van der Waals surface area (Å²) < 4.78 is 5.30. The molecule has 0 aliphatic carbocycles. The second-order valence-electron chi connectivity index (χ2n) is 8.28. The van der Waals surface area contributed by atoms with E-state index in [1.165, 1.54) is 0 Å². The Labute approximate surface area is 178 Å². The van der Waals surface area contributed by atoms with E-state index < -0.39 is 30.4 Å². The normalized spacial score (nSPS) is 13.3. The number of ether oxygens (including phenoxy) is 1. The van der Waals surface area contributed by atoms with Gasteiger partial charge in [0.1, 0.15) is 11.6 Å². The van der Waals surface area contributed by atoms with Gasteiger partial charge in [-0.3, -0.25) is 4.79 Å². The van der Waals surface area contributed by atoms with Gasteiger partial charge >= 0.3 is 6.09 Å². The molecule has 0 aliphatic rings. The van der Waals surface area contributed by atoms with Crippen molar-refractivity contribution < 1.29 is 19.4 Å². The van der Waals surface area contributed by atoms with Crippen LogP contribution in [0.1, 0.15) is 46.6 Å². The van der Waals surface area contributed by atoms with Gasteiger partial charge in [-0.05, 0) is 38.7 Å². The van der Waals surface area contributed by atoms with Gasteiger partial charge < -0.3 is 25.8 Å². The number of rotatable bonds is 9. The molecule has 0 spiro atoms.